The fraction of sp³-hybridized carbons (Fsp3) is 0.625. The van der Waals surface area contributed by atoms with Crippen LogP contribution in [0.25, 0.3) is 0 Å². The summed E-state index contributed by atoms with van der Waals surface area (Å²) in [7, 11) is 0. The molecule has 106 valence electrons. The standard InChI is InChI=1S/C16H24FNO/c1-3-15(2)12-16(8-10-18,9-11-19-15)13-4-6-14(17)7-5-13/h4-7H,3,8-12,18H2,1-2H3/t15-,16+/m1/s1. The van der Waals surface area contributed by atoms with Gasteiger partial charge in [0.05, 0.1) is 5.60 Å². The Morgan fingerprint density at radius 1 is 1.32 bits per heavy atom. The molecule has 0 aliphatic carbocycles. The lowest BCUT2D eigenvalue weighted by Gasteiger charge is -2.46. The Balaban J connectivity index is 2.34. The van der Waals surface area contributed by atoms with Crippen molar-refractivity contribution < 1.29 is 9.13 Å². The molecule has 1 aromatic carbocycles. The first-order valence-corrected chi connectivity index (χ1v) is 7.14. The van der Waals surface area contributed by atoms with Crippen LogP contribution in [0, 0.1) is 5.82 Å². The van der Waals surface area contributed by atoms with Crippen molar-refractivity contribution in [3.8, 4) is 0 Å². The fourth-order valence-corrected chi connectivity index (χ4v) is 3.26. The molecule has 1 aliphatic heterocycles. The summed E-state index contributed by atoms with van der Waals surface area (Å²) in [6.45, 7) is 5.73. The van der Waals surface area contributed by atoms with Crippen LogP contribution in [0.3, 0.4) is 0 Å². The van der Waals surface area contributed by atoms with Crippen LogP contribution in [0.4, 0.5) is 4.39 Å². The molecule has 19 heavy (non-hydrogen) atoms. The van der Waals surface area contributed by atoms with E-state index >= 15 is 0 Å². The van der Waals surface area contributed by atoms with E-state index in [9.17, 15) is 4.39 Å². The van der Waals surface area contributed by atoms with Gasteiger partial charge in [-0.1, -0.05) is 19.1 Å². The van der Waals surface area contributed by atoms with Gasteiger partial charge in [0.15, 0.2) is 0 Å². The SMILES string of the molecule is CC[C@]1(C)C[C@@](CCN)(c2ccc(F)cc2)CCO1. The third-order valence-corrected chi connectivity index (χ3v) is 4.57. The molecular formula is C16H24FNO. The molecule has 0 spiro atoms. The topological polar surface area (TPSA) is 35.2 Å². The van der Waals surface area contributed by atoms with Crippen molar-refractivity contribution in [3.63, 3.8) is 0 Å². The molecule has 2 N–H and O–H groups in total. The van der Waals surface area contributed by atoms with Gasteiger partial charge in [-0.05, 0) is 56.8 Å². The maximum absolute atomic E-state index is 13.1. The Morgan fingerprint density at radius 2 is 2.00 bits per heavy atom. The minimum absolute atomic E-state index is 0.0332. The van der Waals surface area contributed by atoms with Gasteiger partial charge in [0.25, 0.3) is 0 Å². The number of hydrogen-bond acceptors (Lipinski definition) is 2. The number of benzene rings is 1. The van der Waals surface area contributed by atoms with Gasteiger partial charge in [-0.25, -0.2) is 4.39 Å². The lowest BCUT2D eigenvalue weighted by Crippen LogP contribution is -2.46. The summed E-state index contributed by atoms with van der Waals surface area (Å²) in [5.74, 6) is -0.183. The van der Waals surface area contributed by atoms with Crippen LogP contribution in [-0.4, -0.2) is 18.8 Å². The summed E-state index contributed by atoms with van der Waals surface area (Å²) in [6, 6.07) is 6.91. The molecule has 0 bridgehead atoms. The maximum Gasteiger partial charge on any atom is 0.123 e. The summed E-state index contributed by atoms with van der Waals surface area (Å²) in [6.07, 6.45) is 3.84. The Bertz CT molecular complexity index is 415. The van der Waals surface area contributed by atoms with Crippen LogP contribution in [-0.2, 0) is 10.2 Å². The van der Waals surface area contributed by atoms with Crippen LogP contribution in [0.5, 0.6) is 0 Å². The van der Waals surface area contributed by atoms with E-state index in [2.05, 4.69) is 13.8 Å². The van der Waals surface area contributed by atoms with Gasteiger partial charge in [-0.2, -0.15) is 0 Å². The first kappa shape index (κ1) is 14.5. The largest absolute Gasteiger partial charge is 0.375 e. The Hall–Kier alpha value is -0.930. The monoisotopic (exact) mass is 265 g/mol. The molecule has 1 heterocycles. The predicted molar refractivity (Wildman–Crippen MR) is 75.6 cm³/mol. The molecule has 0 saturated carbocycles. The van der Waals surface area contributed by atoms with Gasteiger partial charge in [-0.3, -0.25) is 0 Å². The van der Waals surface area contributed by atoms with Crippen LogP contribution in [0.2, 0.25) is 0 Å². The summed E-state index contributed by atoms with van der Waals surface area (Å²) < 4.78 is 19.1. The maximum atomic E-state index is 13.1. The van der Waals surface area contributed by atoms with Crippen LogP contribution < -0.4 is 5.73 Å². The molecule has 0 amide bonds. The lowest BCUT2D eigenvalue weighted by atomic mass is 9.66. The molecule has 0 unspecified atom stereocenters. The Labute approximate surface area is 115 Å². The van der Waals surface area contributed by atoms with E-state index in [-0.39, 0.29) is 16.8 Å². The summed E-state index contributed by atoms with van der Waals surface area (Å²) >= 11 is 0. The van der Waals surface area contributed by atoms with Crippen LogP contribution in [0.1, 0.15) is 45.1 Å². The van der Waals surface area contributed by atoms with Crippen molar-refractivity contribution in [1.29, 1.82) is 0 Å². The molecule has 1 aromatic rings. The van der Waals surface area contributed by atoms with E-state index < -0.39 is 0 Å². The highest BCUT2D eigenvalue weighted by molar-refractivity contribution is 5.27. The van der Waals surface area contributed by atoms with Crippen molar-refractivity contribution in [2.45, 2.75) is 50.5 Å². The van der Waals surface area contributed by atoms with E-state index in [1.165, 1.54) is 5.56 Å². The predicted octanol–water partition coefficient (Wildman–Crippen LogP) is 3.39. The highest BCUT2D eigenvalue weighted by atomic mass is 19.1. The molecule has 2 nitrogen and oxygen atoms in total. The van der Waals surface area contributed by atoms with Gasteiger partial charge in [0.1, 0.15) is 5.82 Å². The summed E-state index contributed by atoms with van der Waals surface area (Å²) in [5.41, 5.74) is 6.96. The van der Waals surface area contributed by atoms with Gasteiger partial charge < -0.3 is 10.5 Å². The minimum Gasteiger partial charge on any atom is -0.375 e. The molecular weight excluding hydrogens is 241 g/mol. The van der Waals surface area contributed by atoms with E-state index in [0.717, 1.165) is 32.3 Å². The van der Waals surface area contributed by atoms with Crippen LogP contribution >= 0.6 is 0 Å². The highest BCUT2D eigenvalue weighted by Crippen LogP contribution is 2.44. The van der Waals surface area contributed by atoms with Crippen molar-refractivity contribution >= 4 is 0 Å². The number of nitrogens with two attached hydrogens (primary N) is 1. The van der Waals surface area contributed by atoms with Crippen LogP contribution in [0.15, 0.2) is 24.3 Å². The third kappa shape index (κ3) is 2.98. The fourth-order valence-electron chi connectivity index (χ4n) is 3.26. The minimum atomic E-state index is -0.183. The third-order valence-electron chi connectivity index (χ3n) is 4.57. The zero-order valence-electron chi connectivity index (χ0n) is 11.9. The van der Waals surface area contributed by atoms with E-state index in [0.29, 0.717) is 6.54 Å². The smallest absolute Gasteiger partial charge is 0.123 e. The molecule has 2 atom stereocenters. The molecule has 0 radical (unpaired) electrons. The molecule has 1 fully saturated rings. The second kappa shape index (κ2) is 5.59. The molecule has 2 rings (SSSR count). The Morgan fingerprint density at radius 3 is 2.58 bits per heavy atom. The normalized spacial score (nSPS) is 31.4. The van der Waals surface area contributed by atoms with Crippen molar-refractivity contribution in [1.82, 2.24) is 0 Å². The summed E-state index contributed by atoms with van der Waals surface area (Å²) in [4.78, 5) is 0. The number of ether oxygens (including phenoxy) is 1. The average Bonchev–Trinajstić information content (AvgIpc) is 2.40. The number of hydrogen-bond donors (Lipinski definition) is 1. The quantitative estimate of drug-likeness (QED) is 0.905. The van der Waals surface area contributed by atoms with E-state index in [1.807, 2.05) is 12.1 Å². The molecule has 0 aromatic heterocycles. The second-order valence-electron chi connectivity index (χ2n) is 5.90. The molecule has 1 saturated heterocycles. The lowest BCUT2D eigenvalue weighted by molar-refractivity contribution is -0.0976. The van der Waals surface area contributed by atoms with Gasteiger partial charge in [0.2, 0.25) is 0 Å². The highest BCUT2D eigenvalue weighted by Gasteiger charge is 2.42. The van der Waals surface area contributed by atoms with Gasteiger partial charge >= 0.3 is 0 Å². The van der Waals surface area contributed by atoms with E-state index in [1.54, 1.807) is 12.1 Å². The van der Waals surface area contributed by atoms with Crippen molar-refractivity contribution in [2.75, 3.05) is 13.2 Å². The summed E-state index contributed by atoms with van der Waals surface area (Å²) in [5, 5.41) is 0. The Kier molecular flexibility index (Phi) is 4.26. The first-order valence-electron chi connectivity index (χ1n) is 7.14. The van der Waals surface area contributed by atoms with Crippen molar-refractivity contribution in [3.05, 3.63) is 35.6 Å². The number of halogens is 1. The zero-order valence-corrected chi connectivity index (χ0v) is 11.9. The molecule has 1 aliphatic rings. The molecule has 3 heteroatoms. The number of rotatable bonds is 4. The van der Waals surface area contributed by atoms with Gasteiger partial charge in [0, 0.05) is 12.0 Å². The first-order chi connectivity index (χ1) is 9.03. The second-order valence-corrected chi connectivity index (χ2v) is 5.90. The zero-order chi connectivity index (χ0) is 13.9. The van der Waals surface area contributed by atoms with E-state index in [4.69, 9.17) is 10.5 Å². The van der Waals surface area contributed by atoms with Gasteiger partial charge in [-0.15, -0.1) is 0 Å². The average molecular weight is 265 g/mol. The van der Waals surface area contributed by atoms with Crippen molar-refractivity contribution in [2.24, 2.45) is 5.73 Å².